The van der Waals surface area contributed by atoms with E-state index in [2.05, 4.69) is 12.0 Å². The maximum atomic E-state index is 6.18. The lowest BCUT2D eigenvalue weighted by Crippen LogP contribution is -2.04. The van der Waals surface area contributed by atoms with Gasteiger partial charge >= 0.3 is 0 Å². The maximum absolute atomic E-state index is 6.18. The van der Waals surface area contributed by atoms with E-state index in [-0.39, 0.29) is 5.38 Å². The SMILES string of the molecule is Cc1nn(Cc2cccc(Cl)c2)c(C)c1C(C)Cl. The third kappa shape index (κ3) is 2.70. The highest BCUT2D eigenvalue weighted by Crippen LogP contribution is 2.26. The van der Waals surface area contributed by atoms with Crippen LogP contribution in [-0.4, -0.2) is 9.78 Å². The minimum Gasteiger partial charge on any atom is -0.265 e. The van der Waals surface area contributed by atoms with Crippen molar-refractivity contribution in [1.29, 1.82) is 0 Å². The average Bonchev–Trinajstić information content (AvgIpc) is 2.54. The molecule has 2 nitrogen and oxygen atoms in total. The highest BCUT2D eigenvalue weighted by molar-refractivity contribution is 6.30. The molecule has 2 rings (SSSR count). The number of benzene rings is 1. The minimum atomic E-state index is -0.0156. The molecule has 1 unspecified atom stereocenters. The van der Waals surface area contributed by atoms with Crippen LogP contribution in [0, 0.1) is 13.8 Å². The van der Waals surface area contributed by atoms with E-state index in [9.17, 15) is 0 Å². The second-order valence-corrected chi connectivity index (χ2v) is 5.58. The van der Waals surface area contributed by atoms with Gasteiger partial charge in [0.2, 0.25) is 0 Å². The normalized spacial score (nSPS) is 12.7. The summed E-state index contributed by atoms with van der Waals surface area (Å²) in [7, 11) is 0. The molecular formula is C14H16Cl2N2. The number of nitrogens with zero attached hydrogens (tertiary/aromatic N) is 2. The number of aryl methyl sites for hydroxylation is 1. The van der Waals surface area contributed by atoms with Crippen molar-refractivity contribution in [3.8, 4) is 0 Å². The van der Waals surface area contributed by atoms with E-state index in [1.54, 1.807) is 0 Å². The van der Waals surface area contributed by atoms with E-state index in [1.165, 1.54) is 0 Å². The van der Waals surface area contributed by atoms with Crippen molar-refractivity contribution in [3.63, 3.8) is 0 Å². The Balaban J connectivity index is 2.33. The zero-order chi connectivity index (χ0) is 13.3. The lowest BCUT2D eigenvalue weighted by Gasteiger charge is -2.07. The lowest BCUT2D eigenvalue weighted by atomic mass is 10.1. The smallest absolute Gasteiger partial charge is 0.0663 e. The Bertz CT molecular complexity index is 559. The summed E-state index contributed by atoms with van der Waals surface area (Å²) >= 11 is 12.2. The third-order valence-corrected chi connectivity index (χ3v) is 3.51. The summed E-state index contributed by atoms with van der Waals surface area (Å²) in [4.78, 5) is 0. The molecule has 0 saturated carbocycles. The van der Waals surface area contributed by atoms with E-state index >= 15 is 0 Å². The summed E-state index contributed by atoms with van der Waals surface area (Å²) in [6, 6.07) is 7.83. The molecule has 1 atom stereocenters. The van der Waals surface area contributed by atoms with Crippen LogP contribution in [0.3, 0.4) is 0 Å². The first-order valence-corrected chi connectivity index (χ1v) is 6.73. The highest BCUT2D eigenvalue weighted by Gasteiger charge is 2.15. The molecule has 96 valence electrons. The minimum absolute atomic E-state index is 0.0156. The summed E-state index contributed by atoms with van der Waals surface area (Å²) in [6.45, 7) is 6.74. The highest BCUT2D eigenvalue weighted by atomic mass is 35.5. The zero-order valence-electron chi connectivity index (χ0n) is 10.7. The average molecular weight is 283 g/mol. The molecule has 0 saturated heterocycles. The maximum Gasteiger partial charge on any atom is 0.0663 e. The van der Waals surface area contributed by atoms with E-state index in [0.29, 0.717) is 0 Å². The summed E-state index contributed by atoms with van der Waals surface area (Å²) in [5.41, 5.74) is 4.38. The predicted octanol–water partition coefficient (Wildman–Crippen LogP) is 4.50. The van der Waals surface area contributed by atoms with Gasteiger partial charge in [-0.15, -0.1) is 11.6 Å². The van der Waals surface area contributed by atoms with E-state index in [4.69, 9.17) is 23.2 Å². The van der Waals surface area contributed by atoms with Gasteiger partial charge in [0.1, 0.15) is 0 Å². The van der Waals surface area contributed by atoms with Crippen molar-refractivity contribution in [3.05, 3.63) is 51.8 Å². The van der Waals surface area contributed by atoms with Gasteiger partial charge in [0.15, 0.2) is 0 Å². The van der Waals surface area contributed by atoms with Crippen molar-refractivity contribution < 1.29 is 0 Å². The summed E-state index contributed by atoms with van der Waals surface area (Å²) < 4.78 is 1.98. The fourth-order valence-electron chi connectivity index (χ4n) is 2.25. The number of halogens is 2. The van der Waals surface area contributed by atoms with Gasteiger partial charge in [0.25, 0.3) is 0 Å². The van der Waals surface area contributed by atoms with Crippen LogP contribution >= 0.6 is 23.2 Å². The van der Waals surface area contributed by atoms with Crippen LogP contribution in [0.5, 0.6) is 0 Å². The van der Waals surface area contributed by atoms with Crippen LogP contribution in [0.1, 0.15) is 34.8 Å². The molecule has 18 heavy (non-hydrogen) atoms. The molecule has 0 spiro atoms. The first-order valence-electron chi connectivity index (χ1n) is 5.91. The van der Waals surface area contributed by atoms with Gasteiger partial charge in [0, 0.05) is 16.3 Å². The Hall–Kier alpha value is -0.990. The largest absolute Gasteiger partial charge is 0.265 e. The molecule has 0 N–H and O–H groups in total. The van der Waals surface area contributed by atoms with Gasteiger partial charge in [-0.2, -0.15) is 5.10 Å². The van der Waals surface area contributed by atoms with Gasteiger partial charge in [-0.3, -0.25) is 4.68 Å². The fraction of sp³-hybridized carbons (Fsp3) is 0.357. The molecule has 0 bridgehead atoms. The quantitative estimate of drug-likeness (QED) is 0.758. The van der Waals surface area contributed by atoms with Crippen molar-refractivity contribution in [2.75, 3.05) is 0 Å². The van der Waals surface area contributed by atoms with E-state index < -0.39 is 0 Å². The molecular weight excluding hydrogens is 267 g/mol. The molecule has 1 heterocycles. The number of rotatable bonds is 3. The van der Waals surface area contributed by atoms with Gasteiger partial charge in [-0.05, 0) is 38.5 Å². The van der Waals surface area contributed by atoms with Crippen molar-refractivity contribution in [2.24, 2.45) is 0 Å². The van der Waals surface area contributed by atoms with Crippen LogP contribution in [0.25, 0.3) is 0 Å². The van der Waals surface area contributed by atoms with E-state index in [0.717, 1.165) is 34.1 Å². The van der Waals surface area contributed by atoms with Crippen LogP contribution in [0.2, 0.25) is 5.02 Å². The van der Waals surface area contributed by atoms with Crippen LogP contribution < -0.4 is 0 Å². The van der Waals surface area contributed by atoms with Gasteiger partial charge in [0.05, 0.1) is 17.6 Å². The van der Waals surface area contributed by atoms with Crippen LogP contribution in [0.4, 0.5) is 0 Å². The second-order valence-electron chi connectivity index (χ2n) is 4.49. The Morgan fingerprint density at radius 3 is 2.61 bits per heavy atom. The lowest BCUT2D eigenvalue weighted by molar-refractivity contribution is 0.658. The fourth-order valence-corrected chi connectivity index (χ4v) is 2.78. The molecule has 0 aliphatic rings. The van der Waals surface area contributed by atoms with Crippen LogP contribution in [-0.2, 0) is 6.54 Å². The molecule has 0 amide bonds. The zero-order valence-corrected chi connectivity index (χ0v) is 12.3. The predicted molar refractivity (Wildman–Crippen MR) is 76.5 cm³/mol. The summed E-state index contributed by atoms with van der Waals surface area (Å²) in [5, 5.41) is 5.28. The first kappa shape index (κ1) is 13.4. The Kier molecular flexibility index (Phi) is 3.98. The first-order chi connectivity index (χ1) is 8.49. The monoisotopic (exact) mass is 282 g/mol. The van der Waals surface area contributed by atoms with E-state index in [1.807, 2.05) is 42.8 Å². The third-order valence-electron chi connectivity index (χ3n) is 3.06. The van der Waals surface area contributed by atoms with Gasteiger partial charge in [-0.25, -0.2) is 0 Å². The number of hydrogen-bond acceptors (Lipinski definition) is 1. The van der Waals surface area contributed by atoms with Gasteiger partial charge in [-0.1, -0.05) is 23.7 Å². The Labute approximate surface area is 118 Å². The second kappa shape index (κ2) is 5.33. The Morgan fingerprint density at radius 2 is 2.06 bits per heavy atom. The molecule has 0 aliphatic carbocycles. The topological polar surface area (TPSA) is 17.8 Å². The standard InChI is InChI=1S/C14H16Cl2N2/c1-9(15)14-10(2)17-18(11(14)3)8-12-5-4-6-13(16)7-12/h4-7,9H,8H2,1-3H3. The van der Waals surface area contributed by atoms with Crippen molar-refractivity contribution in [2.45, 2.75) is 32.7 Å². The summed E-state index contributed by atoms with van der Waals surface area (Å²) in [6.07, 6.45) is 0. The molecule has 1 aromatic carbocycles. The molecule has 0 radical (unpaired) electrons. The molecule has 2 aromatic rings. The number of alkyl halides is 1. The van der Waals surface area contributed by atoms with Crippen molar-refractivity contribution in [1.82, 2.24) is 9.78 Å². The number of hydrogen-bond donors (Lipinski definition) is 0. The van der Waals surface area contributed by atoms with Gasteiger partial charge < -0.3 is 0 Å². The number of aromatic nitrogens is 2. The molecule has 4 heteroatoms. The Morgan fingerprint density at radius 1 is 1.33 bits per heavy atom. The molecule has 0 aliphatic heterocycles. The van der Waals surface area contributed by atoms with Crippen LogP contribution in [0.15, 0.2) is 24.3 Å². The van der Waals surface area contributed by atoms with Crippen molar-refractivity contribution >= 4 is 23.2 Å². The molecule has 1 aromatic heterocycles. The molecule has 0 fully saturated rings. The summed E-state index contributed by atoms with van der Waals surface area (Å²) in [5.74, 6) is 0.